The lowest BCUT2D eigenvalue weighted by molar-refractivity contribution is -0.384. The van der Waals surface area contributed by atoms with Crippen molar-refractivity contribution in [3.8, 4) is 0 Å². The zero-order valence-electron chi connectivity index (χ0n) is 16.9. The predicted molar refractivity (Wildman–Crippen MR) is 110 cm³/mol. The second-order valence-electron chi connectivity index (χ2n) is 7.62. The molecular formula is C22H20FN3O5. The Bertz CT molecular complexity index is 1090. The van der Waals surface area contributed by atoms with Crippen molar-refractivity contribution in [1.29, 1.82) is 0 Å². The summed E-state index contributed by atoms with van der Waals surface area (Å²) >= 11 is 0. The van der Waals surface area contributed by atoms with Gasteiger partial charge in [-0.3, -0.25) is 19.7 Å². The third kappa shape index (κ3) is 3.79. The van der Waals surface area contributed by atoms with Gasteiger partial charge in [0, 0.05) is 25.2 Å². The fourth-order valence-electron chi connectivity index (χ4n) is 4.03. The largest absolute Gasteiger partial charge is 0.372 e. The van der Waals surface area contributed by atoms with E-state index in [1.54, 1.807) is 4.90 Å². The van der Waals surface area contributed by atoms with Gasteiger partial charge in [0.25, 0.3) is 17.5 Å². The molecule has 2 unspecified atom stereocenters. The van der Waals surface area contributed by atoms with Gasteiger partial charge in [-0.2, -0.15) is 0 Å². The SMILES string of the molecule is CC1CN(C2=C(c3ccc([N+](=O)[O-])cc3)C(=O)N(c3cccc(F)c3)C2=O)CC(C)O1. The van der Waals surface area contributed by atoms with E-state index in [0.717, 1.165) is 11.0 Å². The zero-order chi connectivity index (χ0) is 22.3. The number of morpholine rings is 1. The number of carbonyl (C=O) groups is 2. The van der Waals surface area contributed by atoms with E-state index in [1.807, 2.05) is 13.8 Å². The fourth-order valence-corrected chi connectivity index (χ4v) is 4.03. The molecule has 4 rings (SSSR count). The average molecular weight is 425 g/mol. The number of rotatable bonds is 4. The molecule has 2 heterocycles. The van der Waals surface area contributed by atoms with Crippen LogP contribution in [-0.2, 0) is 14.3 Å². The number of carbonyl (C=O) groups excluding carboxylic acids is 2. The van der Waals surface area contributed by atoms with E-state index in [-0.39, 0.29) is 34.9 Å². The molecule has 31 heavy (non-hydrogen) atoms. The van der Waals surface area contributed by atoms with Crippen molar-refractivity contribution >= 4 is 28.8 Å². The van der Waals surface area contributed by atoms with Gasteiger partial charge in [0.15, 0.2) is 0 Å². The number of benzene rings is 2. The summed E-state index contributed by atoms with van der Waals surface area (Å²) in [5, 5.41) is 11.0. The van der Waals surface area contributed by atoms with Crippen molar-refractivity contribution in [3.05, 3.63) is 75.7 Å². The summed E-state index contributed by atoms with van der Waals surface area (Å²) in [5.74, 6) is -1.74. The van der Waals surface area contributed by atoms with Crippen molar-refractivity contribution in [2.75, 3.05) is 18.0 Å². The van der Waals surface area contributed by atoms with Crippen molar-refractivity contribution in [1.82, 2.24) is 4.90 Å². The Morgan fingerprint density at radius 1 is 1.03 bits per heavy atom. The standard InChI is InChI=1S/C22H20FN3O5/c1-13-11-24(12-14(2)31-13)20-19(15-6-8-17(9-7-15)26(29)30)21(27)25(22(20)28)18-5-3-4-16(23)10-18/h3-10,13-14H,11-12H2,1-2H3. The molecule has 0 bridgehead atoms. The predicted octanol–water partition coefficient (Wildman–Crippen LogP) is 3.13. The van der Waals surface area contributed by atoms with Crippen LogP contribution in [0.15, 0.2) is 54.2 Å². The molecule has 1 saturated heterocycles. The number of nitro benzene ring substituents is 1. The summed E-state index contributed by atoms with van der Waals surface area (Å²) in [5.41, 5.74) is 0.692. The van der Waals surface area contributed by atoms with E-state index < -0.39 is 22.6 Å². The third-order valence-electron chi connectivity index (χ3n) is 5.23. The van der Waals surface area contributed by atoms with Crippen molar-refractivity contribution in [3.63, 3.8) is 0 Å². The Morgan fingerprint density at radius 3 is 2.26 bits per heavy atom. The van der Waals surface area contributed by atoms with Crippen LogP contribution in [-0.4, -0.2) is 46.9 Å². The van der Waals surface area contributed by atoms with Crippen LogP contribution in [0.2, 0.25) is 0 Å². The lowest BCUT2D eigenvalue weighted by Crippen LogP contribution is -2.47. The maximum atomic E-state index is 13.8. The molecule has 0 aliphatic carbocycles. The van der Waals surface area contributed by atoms with Crippen LogP contribution in [0.4, 0.5) is 15.8 Å². The van der Waals surface area contributed by atoms with E-state index >= 15 is 0 Å². The first-order valence-corrected chi connectivity index (χ1v) is 9.80. The van der Waals surface area contributed by atoms with Crippen LogP contribution in [0.3, 0.4) is 0 Å². The van der Waals surface area contributed by atoms with E-state index in [2.05, 4.69) is 0 Å². The van der Waals surface area contributed by atoms with Crippen LogP contribution >= 0.6 is 0 Å². The number of ether oxygens (including phenoxy) is 1. The number of anilines is 1. The minimum absolute atomic E-state index is 0.124. The van der Waals surface area contributed by atoms with Crippen LogP contribution in [0, 0.1) is 15.9 Å². The molecule has 1 fully saturated rings. The Kier molecular flexibility index (Phi) is 5.28. The highest BCUT2D eigenvalue weighted by Crippen LogP contribution is 2.36. The summed E-state index contributed by atoms with van der Waals surface area (Å²) in [7, 11) is 0. The fraction of sp³-hybridized carbons (Fsp3) is 0.273. The van der Waals surface area contributed by atoms with Gasteiger partial charge in [-0.1, -0.05) is 6.07 Å². The normalized spacial score (nSPS) is 21.8. The number of halogens is 1. The summed E-state index contributed by atoms with van der Waals surface area (Å²) in [6.45, 7) is 4.54. The minimum Gasteiger partial charge on any atom is -0.372 e. The number of hydrogen-bond acceptors (Lipinski definition) is 6. The van der Waals surface area contributed by atoms with Gasteiger partial charge in [0.1, 0.15) is 11.5 Å². The van der Waals surface area contributed by atoms with Gasteiger partial charge in [-0.25, -0.2) is 9.29 Å². The number of amides is 2. The highest BCUT2D eigenvalue weighted by molar-refractivity contribution is 6.45. The summed E-state index contributed by atoms with van der Waals surface area (Å²) in [6.07, 6.45) is -0.332. The van der Waals surface area contributed by atoms with Crippen molar-refractivity contribution < 1.29 is 23.6 Å². The maximum Gasteiger partial charge on any atom is 0.282 e. The second-order valence-corrected chi connectivity index (χ2v) is 7.62. The van der Waals surface area contributed by atoms with Gasteiger partial charge in [-0.15, -0.1) is 0 Å². The number of nitrogens with zero attached hydrogens (tertiary/aromatic N) is 3. The molecule has 2 aromatic carbocycles. The summed E-state index contributed by atoms with van der Waals surface area (Å²) in [6, 6.07) is 10.7. The molecular weight excluding hydrogens is 405 g/mol. The molecule has 8 nitrogen and oxygen atoms in total. The molecule has 0 radical (unpaired) electrons. The summed E-state index contributed by atoms with van der Waals surface area (Å²) < 4.78 is 19.6. The number of imide groups is 1. The van der Waals surface area contributed by atoms with Crippen molar-refractivity contribution in [2.24, 2.45) is 0 Å². The molecule has 160 valence electrons. The lowest BCUT2D eigenvalue weighted by atomic mass is 10.0. The molecule has 0 aromatic heterocycles. The Morgan fingerprint density at radius 2 is 1.68 bits per heavy atom. The average Bonchev–Trinajstić information content (AvgIpc) is 2.97. The second kappa shape index (κ2) is 7.92. The molecule has 0 N–H and O–H groups in total. The highest BCUT2D eigenvalue weighted by atomic mass is 19.1. The quantitative estimate of drug-likeness (QED) is 0.425. The van der Waals surface area contributed by atoms with Crippen molar-refractivity contribution in [2.45, 2.75) is 26.1 Å². The van der Waals surface area contributed by atoms with Gasteiger partial charge >= 0.3 is 0 Å². The Hall–Kier alpha value is -3.59. The molecule has 0 saturated carbocycles. The minimum atomic E-state index is -0.605. The van der Waals surface area contributed by atoms with E-state index in [4.69, 9.17) is 4.74 Å². The van der Waals surface area contributed by atoms with Crippen LogP contribution < -0.4 is 4.90 Å². The molecule has 0 spiro atoms. The Balaban J connectivity index is 1.83. The summed E-state index contributed by atoms with van der Waals surface area (Å²) in [4.78, 5) is 40.0. The van der Waals surface area contributed by atoms with Crippen LogP contribution in [0.5, 0.6) is 0 Å². The van der Waals surface area contributed by atoms with Crippen LogP contribution in [0.1, 0.15) is 19.4 Å². The van der Waals surface area contributed by atoms with E-state index in [1.165, 1.54) is 42.5 Å². The number of nitro groups is 1. The molecule has 2 aliphatic rings. The number of hydrogen-bond donors (Lipinski definition) is 0. The lowest BCUT2D eigenvalue weighted by Gasteiger charge is -2.37. The first kappa shape index (κ1) is 20.7. The third-order valence-corrected chi connectivity index (χ3v) is 5.23. The first-order valence-electron chi connectivity index (χ1n) is 9.80. The topological polar surface area (TPSA) is 93.0 Å². The van der Waals surface area contributed by atoms with Gasteiger partial charge in [0.2, 0.25) is 0 Å². The first-order chi connectivity index (χ1) is 14.8. The van der Waals surface area contributed by atoms with Crippen LogP contribution in [0.25, 0.3) is 5.57 Å². The van der Waals surface area contributed by atoms with Gasteiger partial charge in [0.05, 0.1) is 28.4 Å². The monoisotopic (exact) mass is 425 g/mol. The molecule has 2 aromatic rings. The van der Waals surface area contributed by atoms with Gasteiger partial charge < -0.3 is 9.64 Å². The van der Waals surface area contributed by atoms with E-state index in [0.29, 0.717) is 18.7 Å². The van der Waals surface area contributed by atoms with E-state index in [9.17, 15) is 24.1 Å². The number of non-ortho nitro benzene ring substituents is 1. The molecule has 2 amide bonds. The molecule has 9 heteroatoms. The maximum absolute atomic E-state index is 13.8. The molecule has 2 aliphatic heterocycles. The Labute approximate surface area is 177 Å². The van der Waals surface area contributed by atoms with Gasteiger partial charge in [-0.05, 0) is 49.7 Å². The zero-order valence-corrected chi connectivity index (χ0v) is 16.9. The molecule has 2 atom stereocenters. The highest BCUT2D eigenvalue weighted by Gasteiger charge is 2.44. The smallest absolute Gasteiger partial charge is 0.282 e.